The molecule has 0 amide bonds. The van der Waals surface area contributed by atoms with E-state index in [0.717, 1.165) is 30.8 Å². The van der Waals surface area contributed by atoms with E-state index in [9.17, 15) is 5.11 Å². The number of hydrogen-bond donors (Lipinski definition) is 1. The van der Waals surface area contributed by atoms with Crippen LogP contribution in [-0.4, -0.2) is 24.4 Å². The highest BCUT2D eigenvalue weighted by Crippen LogP contribution is 2.26. The summed E-state index contributed by atoms with van der Waals surface area (Å²) in [5, 5.41) is 9.53. The number of phenolic OH excluding ortho intramolecular Hbond substituents is 1. The molecule has 1 heterocycles. The maximum Gasteiger partial charge on any atom is 0.126 e. The molecule has 0 spiro atoms. The van der Waals surface area contributed by atoms with Crippen LogP contribution in [-0.2, 0) is 4.74 Å². The van der Waals surface area contributed by atoms with Gasteiger partial charge in [0.25, 0.3) is 0 Å². The third-order valence-electron chi connectivity index (χ3n) is 2.95. The van der Waals surface area contributed by atoms with Crippen LogP contribution in [0.15, 0.2) is 18.2 Å². The SMILES string of the molecule is Cc1c(O)cccc1OCC1CCCCO1. The van der Waals surface area contributed by atoms with Crippen molar-refractivity contribution in [2.24, 2.45) is 0 Å². The second kappa shape index (κ2) is 5.21. The maximum atomic E-state index is 9.53. The Morgan fingerprint density at radius 2 is 2.31 bits per heavy atom. The molecule has 1 aliphatic rings. The zero-order valence-corrected chi connectivity index (χ0v) is 9.61. The smallest absolute Gasteiger partial charge is 0.126 e. The molecule has 0 bridgehead atoms. The lowest BCUT2D eigenvalue weighted by Gasteiger charge is -2.23. The molecule has 16 heavy (non-hydrogen) atoms. The molecule has 1 N–H and O–H groups in total. The topological polar surface area (TPSA) is 38.7 Å². The summed E-state index contributed by atoms with van der Waals surface area (Å²) in [7, 11) is 0. The largest absolute Gasteiger partial charge is 0.508 e. The Hall–Kier alpha value is -1.22. The molecule has 0 aromatic heterocycles. The minimum absolute atomic E-state index is 0.204. The van der Waals surface area contributed by atoms with Crippen molar-refractivity contribution in [3.05, 3.63) is 23.8 Å². The molecular formula is C13H18O3. The second-order valence-electron chi connectivity index (χ2n) is 4.20. The molecule has 1 atom stereocenters. The van der Waals surface area contributed by atoms with E-state index in [2.05, 4.69) is 0 Å². The summed E-state index contributed by atoms with van der Waals surface area (Å²) in [5.41, 5.74) is 0.790. The van der Waals surface area contributed by atoms with Gasteiger partial charge < -0.3 is 14.6 Å². The van der Waals surface area contributed by atoms with Crippen LogP contribution in [0.2, 0.25) is 0 Å². The first-order chi connectivity index (χ1) is 7.77. The fourth-order valence-electron chi connectivity index (χ4n) is 1.88. The van der Waals surface area contributed by atoms with Crippen LogP contribution in [0.5, 0.6) is 11.5 Å². The van der Waals surface area contributed by atoms with Crippen LogP contribution in [0.25, 0.3) is 0 Å². The van der Waals surface area contributed by atoms with Gasteiger partial charge in [-0.2, -0.15) is 0 Å². The average Bonchev–Trinajstić information content (AvgIpc) is 2.32. The zero-order valence-electron chi connectivity index (χ0n) is 9.61. The van der Waals surface area contributed by atoms with Gasteiger partial charge in [0.05, 0.1) is 6.10 Å². The molecule has 2 rings (SSSR count). The summed E-state index contributed by atoms with van der Waals surface area (Å²) in [4.78, 5) is 0. The number of benzene rings is 1. The van der Waals surface area contributed by atoms with E-state index < -0.39 is 0 Å². The number of phenols is 1. The van der Waals surface area contributed by atoms with Crippen LogP contribution < -0.4 is 4.74 Å². The molecule has 0 aliphatic carbocycles. The molecule has 1 aliphatic heterocycles. The number of rotatable bonds is 3. The third-order valence-corrected chi connectivity index (χ3v) is 2.95. The summed E-state index contributed by atoms with van der Waals surface area (Å²) in [6.07, 6.45) is 3.64. The van der Waals surface area contributed by atoms with Crippen LogP contribution in [0, 0.1) is 6.92 Å². The molecule has 3 nitrogen and oxygen atoms in total. The fraction of sp³-hybridized carbons (Fsp3) is 0.538. The van der Waals surface area contributed by atoms with Gasteiger partial charge in [-0.3, -0.25) is 0 Å². The summed E-state index contributed by atoms with van der Waals surface area (Å²) in [5.74, 6) is 1.02. The van der Waals surface area contributed by atoms with Crippen molar-refractivity contribution in [1.29, 1.82) is 0 Å². The molecule has 0 saturated carbocycles. The monoisotopic (exact) mass is 222 g/mol. The van der Waals surface area contributed by atoms with Crippen molar-refractivity contribution in [3.8, 4) is 11.5 Å². The minimum atomic E-state index is 0.204. The van der Waals surface area contributed by atoms with Gasteiger partial charge in [-0.25, -0.2) is 0 Å². The van der Waals surface area contributed by atoms with Crippen molar-refractivity contribution >= 4 is 0 Å². The van der Waals surface area contributed by atoms with Gasteiger partial charge in [-0.15, -0.1) is 0 Å². The molecule has 0 radical (unpaired) electrons. The molecule has 1 aromatic rings. The first kappa shape index (κ1) is 11.3. The first-order valence-electron chi connectivity index (χ1n) is 5.80. The lowest BCUT2D eigenvalue weighted by atomic mass is 10.1. The highest BCUT2D eigenvalue weighted by molar-refractivity contribution is 5.42. The number of ether oxygens (including phenoxy) is 2. The van der Waals surface area contributed by atoms with Crippen molar-refractivity contribution in [3.63, 3.8) is 0 Å². The normalized spacial score (nSPS) is 20.7. The van der Waals surface area contributed by atoms with Gasteiger partial charge in [0.2, 0.25) is 0 Å². The number of hydrogen-bond acceptors (Lipinski definition) is 3. The first-order valence-corrected chi connectivity index (χ1v) is 5.80. The van der Waals surface area contributed by atoms with Gasteiger partial charge in [0.15, 0.2) is 0 Å². The third kappa shape index (κ3) is 2.67. The quantitative estimate of drug-likeness (QED) is 0.854. The van der Waals surface area contributed by atoms with Crippen LogP contribution in [0.3, 0.4) is 0 Å². The molecule has 3 heteroatoms. The van der Waals surface area contributed by atoms with E-state index in [0.29, 0.717) is 6.61 Å². The van der Waals surface area contributed by atoms with E-state index in [1.165, 1.54) is 6.42 Å². The van der Waals surface area contributed by atoms with E-state index >= 15 is 0 Å². The lowest BCUT2D eigenvalue weighted by molar-refractivity contribution is -0.0112. The molecule has 1 saturated heterocycles. The van der Waals surface area contributed by atoms with Gasteiger partial charge in [0, 0.05) is 12.2 Å². The van der Waals surface area contributed by atoms with Gasteiger partial charge >= 0.3 is 0 Å². The Morgan fingerprint density at radius 1 is 1.44 bits per heavy atom. The van der Waals surface area contributed by atoms with Gasteiger partial charge in [-0.1, -0.05) is 6.07 Å². The highest BCUT2D eigenvalue weighted by atomic mass is 16.5. The fourth-order valence-corrected chi connectivity index (χ4v) is 1.88. The van der Waals surface area contributed by atoms with E-state index in [1.54, 1.807) is 12.1 Å². The van der Waals surface area contributed by atoms with E-state index in [1.807, 2.05) is 13.0 Å². The van der Waals surface area contributed by atoms with E-state index in [4.69, 9.17) is 9.47 Å². The standard InChI is InChI=1S/C13H18O3/c1-10-12(14)6-4-7-13(10)16-9-11-5-2-3-8-15-11/h4,6-7,11,14H,2-3,5,8-9H2,1H3. The Balaban J connectivity index is 1.91. The lowest BCUT2D eigenvalue weighted by Crippen LogP contribution is -2.25. The summed E-state index contributed by atoms with van der Waals surface area (Å²) < 4.78 is 11.3. The van der Waals surface area contributed by atoms with Crippen LogP contribution >= 0.6 is 0 Å². The maximum absolute atomic E-state index is 9.53. The van der Waals surface area contributed by atoms with Gasteiger partial charge in [0.1, 0.15) is 18.1 Å². The minimum Gasteiger partial charge on any atom is -0.508 e. The summed E-state index contributed by atoms with van der Waals surface area (Å²) in [6, 6.07) is 5.33. The van der Waals surface area contributed by atoms with Crippen LogP contribution in [0.1, 0.15) is 24.8 Å². The van der Waals surface area contributed by atoms with Gasteiger partial charge in [-0.05, 0) is 38.3 Å². The van der Waals surface area contributed by atoms with Crippen molar-refractivity contribution in [2.75, 3.05) is 13.2 Å². The molecular weight excluding hydrogens is 204 g/mol. The number of aromatic hydroxyl groups is 1. The molecule has 1 fully saturated rings. The predicted molar refractivity (Wildman–Crippen MR) is 61.9 cm³/mol. The molecule has 88 valence electrons. The molecule has 1 aromatic carbocycles. The Bertz CT molecular complexity index is 343. The van der Waals surface area contributed by atoms with Crippen molar-refractivity contribution < 1.29 is 14.6 Å². The Kier molecular flexibility index (Phi) is 3.67. The van der Waals surface area contributed by atoms with Crippen molar-refractivity contribution in [2.45, 2.75) is 32.3 Å². The van der Waals surface area contributed by atoms with Crippen LogP contribution in [0.4, 0.5) is 0 Å². The van der Waals surface area contributed by atoms with Crippen molar-refractivity contribution in [1.82, 2.24) is 0 Å². The summed E-state index contributed by atoms with van der Waals surface area (Å²) >= 11 is 0. The average molecular weight is 222 g/mol. The zero-order chi connectivity index (χ0) is 11.4. The summed E-state index contributed by atoms with van der Waals surface area (Å²) in [6.45, 7) is 3.27. The van der Waals surface area contributed by atoms with E-state index in [-0.39, 0.29) is 11.9 Å². The highest BCUT2D eigenvalue weighted by Gasteiger charge is 2.15. The Morgan fingerprint density at radius 3 is 3.06 bits per heavy atom. The molecule has 1 unspecified atom stereocenters. The predicted octanol–water partition coefficient (Wildman–Crippen LogP) is 2.65. The second-order valence-corrected chi connectivity index (χ2v) is 4.20. The Labute approximate surface area is 96.0 Å².